The van der Waals surface area contributed by atoms with Crippen molar-refractivity contribution in [3.63, 3.8) is 0 Å². The molecule has 0 atom stereocenters. The van der Waals surface area contributed by atoms with Crippen LogP contribution in [0.1, 0.15) is 33.4 Å². The minimum atomic E-state index is -0.324. The van der Waals surface area contributed by atoms with E-state index in [1.54, 1.807) is 74.7 Å². The van der Waals surface area contributed by atoms with Gasteiger partial charge in [0.2, 0.25) is 0 Å². The molecular weight excluding hydrogens is 358 g/mol. The van der Waals surface area contributed by atoms with E-state index in [1.165, 1.54) is 6.26 Å². The Kier molecular flexibility index (Phi) is 5.86. The Morgan fingerprint density at radius 1 is 0.929 bits per heavy atom. The van der Waals surface area contributed by atoms with Gasteiger partial charge in [0.05, 0.1) is 19.1 Å². The van der Waals surface area contributed by atoms with Crippen molar-refractivity contribution in [1.29, 1.82) is 0 Å². The van der Waals surface area contributed by atoms with Crippen molar-refractivity contribution in [3.05, 3.63) is 83.8 Å². The van der Waals surface area contributed by atoms with Crippen LogP contribution in [0.5, 0.6) is 5.75 Å². The smallest absolute Gasteiger partial charge is 0.291 e. The lowest BCUT2D eigenvalue weighted by molar-refractivity contribution is 0.0953. The summed E-state index contributed by atoms with van der Waals surface area (Å²) in [7, 11) is 1.57. The average molecular weight is 377 g/mol. The van der Waals surface area contributed by atoms with Crippen molar-refractivity contribution in [1.82, 2.24) is 5.43 Å². The molecule has 2 N–H and O–H groups in total. The van der Waals surface area contributed by atoms with Crippen molar-refractivity contribution in [2.75, 3.05) is 12.4 Å². The molecule has 0 spiro atoms. The van der Waals surface area contributed by atoms with E-state index in [-0.39, 0.29) is 17.6 Å². The number of amides is 2. The summed E-state index contributed by atoms with van der Waals surface area (Å²) in [5, 5.41) is 6.87. The Labute approximate surface area is 162 Å². The molecule has 142 valence electrons. The maximum atomic E-state index is 12.2. The summed E-state index contributed by atoms with van der Waals surface area (Å²) in [5.41, 5.74) is 5.07. The molecule has 0 saturated heterocycles. The lowest BCUT2D eigenvalue weighted by Crippen LogP contribution is -2.19. The lowest BCUT2D eigenvalue weighted by atomic mass is 10.1. The Hall–Kier alpha value is -3.87. The minimum absolute atomic E-state index is 0.239. The summed E-state index contributed by atoms with van der Waals surface area (Å²) < 4.78 is 10.1. The molecule has 0 saturated carbocycles. The van der Waals surface area contributed by atoms with Gasteiger partial charge in [-0.05, 0) is 61.0 Å². The molecule has 28 heavy (non-hydrogen) atoms. The quantitative estimate of drug-likeness (QED) is 0.506. The number of methoxy groups -OCH3 is 1. The number of carbonyl (C=O) groups excluding carboxylic acids is 2. The third kappa shape index (κ3) is 4.64. The van der Waals surface area contributed by atoms with Crippen LogP contribution in [0.25, 0.3) is 0 Å². The molecular formula is C21H19N3O4. The number of hydrazone groups is 1. The van der Waals surface area contributed by atoms with E-state index in [9.17, 15) is 9.59 Å². The highest BCUT2D eigenvalue weighted by atomic mass is 16.5. The molecule has 0 unspecified atom stereocenters. The van der Waals surface area contributed by atoms with E-state index in [0.29, 0.717) is 22.7 Å². The van der Waals surface area contributed by atoms with Gasteiger partial charge in [-0.1, -0.05) is 12.1 Å². The molecule has 0 radical (unpaired) electrons. The molecule has 0 aliphatic carbocycles. The normalized spacial score (nSPS) is 11.0. The summed E-state index contributed by atoms with van der Waals surface area (Å²) in [6, 6.07) is 17.1. The first-order valence-electron chi connectivity index (χ1n) is 8.51. The van der Waals surface area contributed by atoms with E-state index in [1.807, 2.05) is 0 Å². The van der Waals surface area contributed by atoms with Crippen LogP contribution >= 0.6 is 0 Å². The first-order valence-corrected chi connectivity index (χ1v) is 8.51. The van der Waals surface area contributed by atoms with Crippen LogP contribution in [0.3, 0.4) is 0 Å². The van der Waals surface area contributed by atoms with Gasteiger partial charge < -0.3 is 14.5 Å². The van der Waals surface area contributed by atoms with Gasteiger partial charge in [0.15, 0.2) is 5.76 Å². The van der Waals surface area contributed by atoms with Gasteiger partial charge in [0, 0.05) is 11.3 Å². The van der Waals surface area contributed by atoms with Crippen molar-refractivity contribution in [2.45, 2.75) is 6.92 Å². The number of rotatable bonds is 6. The molecule has 7 heteroatoms. The van der Waals surface area contributed by atoms with Crippen LogP contribution in [0, 0.1) is 0 Å². The number of nitrogens with zero attached hydrogens (tertiary/aromatic N) is 1. The predicted molar refractivity (Wildman–Crippen MR) is 106 cm³/mol. The number of nitrogens with one attached hydrogen (secondary N) is 2. The highest BCUT2D eigenvalue weighted by Crippen LogP contribution is 2.13. The Bertz CT molecular complexity index is 976. The van der Waals surface area contributed by atoms with Gasteiger partial charge in [0.25, 0.3) is 11.8 Å². The fourth-order valence-electron chi connectivity index (χ4n) is 2.40. The highest BCUT2D eigenvalue weighted by Gasteiger charge is 2.09. The van der Waals surface area contributed by atoms with Crippen molar-refractivity contribution >= 4 is 23.2 Å². The summed E-state index contributed by atoms with van der Waals surface area (Å²) in [4.78, 5) is 24.1. The second kappa shape index (κ2) is 8.68. The Balaban J connectivity index is 1.60. The van der Waals surface area contributed by atoms with E-state index < -0.39 is 0 Å². The molecule has 0 bridgehead atoms. The van der Waals surface area contributed by atoms with Gasteiger partial charge in [-0.25, -0.2) is 5.43 Å². The monoisotopic (exact) mass is 377 g/mol. The fourth-order valence-corrected chi connectivity index (χ4v) is 2.40. The number of carbonyl (C=O) groups is 2. The summed E-state index contributed by atoms with van der Waals surface area (Å²) >= 11 is 0. The van der Waals surface area contributed by atoms with Crippen LogP contribution in [0.2, 0.25) is 0 Å². The van der Waals surface area contributed by atoms with Crippen LogP contribution < -0.4 is 15.5 Å². The number of furan rings is 1. The van der Waals surface area contributed by atoms with Gasteiger partial charge in [-0.15, -0.1) is 0 Å². The minimum Gasteiger partial charge on any atom is -0.497 e. The van der Waals surface area contributed by atoms with Gasteiger partial charge in [0.1, 0.15) is 5.75 Å². The van der Waals surface area contributed by atoms with E-state index in [4.69, 9.17) is 9.15 Å². The Morgan fingerprint density at radius 2 is 1.61 bits per heavy atom. The molecule has 0 fully saturated rings. The summed E-state index contributed by atoms with van der Waals surface area (Å²) in [6.07, 6.45) is 1.44. The molecule has 3 aromatic rings. The van der Waals surface area contributed by atoms with E-state index in [0.717, 1.165) is 5.56 Å². The van der Waals surface area contributed by atoms with Crippen LogP contribution in [0.15, 0.2) is 76.4 Å². The van der Waals surface area contributed by atoms with Crippen LogP contribution in [-0.2, 0) is 0 Å². The van der Waals surface area contributed by atoms with Crippen LogP contribution in [0.4, 0.5) is 5.69 Å². The number of anilines is 1. The number of benzene rings is 2. The molecule has 3 rings (SSSR count). The fraction of sp³-hybridized carbons (Fsp3) is 0.0952. The van der Waals surface area contributed by atoms with Crippen LogP contribution in [-0.4, -0.2) is 24.6 Å². The average Bonchev–Trinajstić information content (AvgIpc) is 3.27. The maximum Gasteiger partial charge on any atom is 0.291 e. The second-order valence-electron chi connectivity index (χ2n) is 5.88. The summed E-state index contributed by atoms with van der Waals surface area (Å²) in [6.45, 7) is 1.78. The third-order valence-electron chi connectivity index (χ3n) is 3.98. The topological polar surface area (TPSA) is 92.9 Å². The first kappa shape index (κ1) is 18.9. The Morgan fingerprint density at radius 3 is 2.21 bits per heavy atom. The summed E-state index contributed by atoms with van der Waals surface area (Å²) in [5.74, 6) is 0.276. The zero-order valence-electron chi connectivity index (χ0n) is 15.4. The predicted octanol–water partition coefficient (Wildman–Crippen LogP) is 3.69. The zero-order valence-corrected chi connectivity index (χ0v) is 15.4. The molecule has 2 amide bonds. The van der Waals surface area contributed by atoms with Gasteiger partial charge in [-0.3, -0.25) is 9.59 Å². The number of hydrogen-bond acceptors (Lipinski definition) is 5. The SMILES string of the molecule is COc1ccc(C(=O)NN=C(C)c2ccc(NC(=O)c3ccco3)cc2)cc1. The highest BCUT2D eigenvalue weighted by molar-refractivity contribution is 6.03. The maximum absolute atomic E-state index is 12.2. The zero-order chi connectivity index (χ0) is 19.9. The largest absolute Gasteiger partial charge is 0.497 e. The standard InChI is InChI=1S/C21H19N3O4/c1-14(23-24-20(25)16-7-11-18(27-2)12-8-16)15-5-9-17(10-6-15)22-21(26)19-4-3-13-28-19/h3-13H,1-2H3,(H,22,26)(H,24,25). The molecule has 0 aliphatic heterocycles. The second-order valence-corrected chi connectivity index (χ2v) is 5.88. The molecule has 1 aromatic heterocycles. The van der Waals surface area contributed by atoms with Gasteiger partial charge in [-0.2, -0.15) is 5.10 Å². The van der Waals surface area contributed by atoms with E-state index >= 15 is 0 Å². The third-order valence-corrected chi connectivity index (χ3v) is 3.98. The van der Waals surface area contributed by atoms with Crippen molar-refractivity contribution < 1.29 is 18.7 Å². The van der Waals surface area contributed by atoms with Gasteiger partial charge >= 0.3 is 0 Å². The molecule has 2 aromatic carbocycles. The number of ether oxygens (including phenoxy) is 1. The molecule has 0 aliphatic rings. The van der Waals surface area contributed by atoms with Crippen molar-refractivity contribution in [3.8, 4) is 5.75 Å². The van der Waals surface area contributed by atoms with E-state index in [2.05, 4.69) is 15.8 Å². The molecule has 7 nitrogen and oxygen atoms in total. The van der Waals surface area contributed by atoms with Crippen molar-refractivity contribution in [2.24, 2.45) is 5.10 Å². The first-order chi connectivity index (χ1) is 13.6. The molecule has 1 heterocycles. The lowest BCUT2D eigenvalue weighted by Gasteiger charge is -2.06. The number of hydrogen-bond donors (Lipinski definition) is 2.